The Hall–Kier alpha value is -3.64. The molecule has 2 N–H and O–H groups in total. The summed E-state index contributed by atoms with van der Waals surface area (Å²) in [6.07, 6.45) is 3.73. The van der Waals surface area contributed by atoms with Crippen LogP contribution in [0.2, 0.25) is 0 Å². The van der Waals surface area contributed by atoms with Gasteiger partial charge in [0, 0.05) is 59.0 Å². The Morgan fingerprint density at radius 2 is 1.59 bits per heavy atom. The Bertz CT molecular complexity index is 1310. The fraction of sp³-hybridized carbons (Fsp3) is 0.130. The van der Waals surface area contributed by atoms with Gasteiger partial charge in [-0.25, -0.2) is 0 Å². The number of carbonyl (C=O) groups is 2. The number of fused-ring (bicyclic) bond motifs is 2. The van der Waals surface area contributed by atoms with Crippen LogP contribution in [0, 0.1) is 0 Å². The van der Waals surface area contributed by atoms with Gasteiger partial charge < -0.3 is 14.3 Å². The summed E-state index contributed by atoms with van der Waals surface area (Å²) >= 11 is 0. The van der Waals surface area contributed by atoms with Gasteiger partial charge in [-0.2, -0.15) is 0 Å². The molecule has 1 aliphatic heterocycles. The van der Waals surface area contributed by atoms with Crippen LogP contribution in [0.3, 0.4) is 0 Å². The monoisotopic (exact) mass is 385 g/mol. The topological polar surface area (TPSA) is 76.1 Å². The molecule has 4 aromatic rings. The Balaban J connectivity index is 1.79. The van der Waals surface area contributed by atoms with Gasteiger partial charge in [-0.05, 0) is 12.1 Å². The number of nitrogens with one attached hydrogen (secondary N) is 2. The number of carbonyl (C=O) groups excluding carboxylic acids is 2. The van der Waals surface area contributed by atoms with E-state index in [9.17, 15) is 9.59 Å². The SMILES string of the molecule is COCCn1cc(C2=C(c3c[nH]c4ccccc34)C(=O)NC2=O)c2ccccc21. The van der Waals surface area contributed by atoms with Crippen molar-refractivity contribution in [3.63, 3.8) is 0 Å². The van der Waals surface area contributed by atoms with E-state index < -0.39 is 0 Å². The fourth-order valence-corrected chi connectivity index (χ4v) is 4.07. The van der Waals surface area contributed by atoms with Crippen molar-refractivity contribution in [2.24, 2.45) is 0 Å². The zero-order valence-electron chi connectivity index (χ0n) is 15.9. The number of aromatic amines is 1. The minimum absolute atomic E-state index is 0.370. The van der Waals surface area contributed by atoms with Crippen LogP contribution in [-0.2, 0) is 20.9 Å². The quantitative estimate of drug-likeness (QED) is 0.518. The second-order valence-electron chi connectivity index (χ2n) is 7.03. The molecule has 0 spiro atoms. The van der Waals surface area contributed by atoms with Gasteiger partial charge in [0.15, 0.2) is 0 Å². The number of benzene rings is 2. The van der Waals surface area contributed by atoms with Crippen molar-refractivity contribution in [1.29, 1.82) is 0 Å². The molecule has 2 aromatic heterocycles. The summed E-state index contributed by atoms with van der Waals surface area (Å²) < 4.78 is 7.29. The van der Waals surface area contributed by atoms with Crippen molar-refractivity contribution in [2.75, 3.05) is 13.7 Å². The maximum Gasteiger partial charge on any atom is 0.259 e. The molecule has 0 unspecified atom stereocenters. The predicted octanol–water partition coefficient (Wildman–Crippen LogP) is 3.34. The zero-order valence-corrected chi connectivity index (χ0v) is 15.9. The number of aromatic nitrogens is 2. The van der Waals surface area contributed by atoms with Gasteiger partial charge in [-0.1, -0.05) is 36.4 Å². The second kappa shape index (κ2) is 6.76. The third kappa shape index (κ3) is 2.68. The number of methoxy groups -OCH3 is 1. The highest BCUT2D eigenvalue weighted by molar-refractivity contribution is 6.50. The number of para-hydroxylation sites is 2. The summed E-state index contributed by atoms with van der Waals surface area (Å²) in [5, 5.41) is 4.33. The number of H-pyrrole nitrogens is 1. The van der Waals surface area contributed by atoms with E-state index in [1.807, 2.05) is 54.7 Å². The highest BCUT2D eigenvalue weighted by Crippen LogP contribution is 2.38. The van der Waals surface area contributed by atoms with E-state index >= 15 is 0 Å². The van der Waals surface area contributed by atoms with E-state index in [1.165, 1.54) is 0 Å². The number of amides is 2. The number of imide groups is 1. The molecule has 0 saturated carbocycles. The van der Waals surface area contributed by atoms with Crippen molar-refractivity contribution in [2.45, 2.75) is 6.54 Å². The second-order valence-corrected chi connectivity index (χ2v) is 7.03. The lowest BCUT2D eigenvalue weighted by molar-refractivity contribution is -0.122. The van der Waals surface area contributed by atoms with Gasteiger partial charge in [0.2, 0.25) is 0 Å². The normalized spacial score (nSPS) is 14.4. The molecule has 6 nitrogen and oxygen atoms in total. The number of nitrogens with zero attached hydrogens (tertiary/aromatic N) is 1. The first-order chi connectivity index (χ1) is 14.2. The van der Waals surface area contributed by atoms with Crippen molar-refractivity contribution < 1.29 is 14.3 Å². The van der Waals surface area contributed by atoms with Crippen LogP contribution in [0.5, 0.6) is 0 Å². The molecular formula is C23H19N3O3. The molecule has 2 aromatic carbocycles. The summed E-state index contributed by atoms with van der Waals surface area (Å²) in [6.45, 7) is 1.21. The van der Waals surface area contributed by atoms with Gasteiger partial charge in [0.1, 0.15) is 0 Å². The first kappa shape index (κ1) is 17.5. The van der Waals surface area contributed by atoms with Gasteiger partial charge in [0.05, 0.1) is 17.8 Å². The lowest BCUT2D eigenvalue weighted by Crippen LogP contribution is -2.22. The summed E-state index contributed by atoms with van der Waals surface area (Å²) in [4.78, 5) is 28.9. The highest BCUT2D eigenvalue weighted by Gasteiger charge is 2.34. The van der Waals surface area contributed by atoms with Crippen LogP contribution in [0.25, 0.3) is 33.0 Å². The molecular weight excluding hydrogens is 366 g/mol. The van der Waals surface area contributed by atoms with Crippen LogP contribution in [0.15, 0.2) is 60.9 Å². The molecule has 3 heterocycles. The van der Waals surface area contributed by atoms with Crippen molar-refractivity contribution in [1.82, 2.24) is 14.9 Å². The molecule has 0 saturated heterocycles. The Morgan fingerprint density at radius 1 is 0.897 bits per heavy atom. The molecule has 144 valence electrons. The van der Waals surface area contributed by atoms with Crippen LogP contribution >= 0.6 is 0 Å². The van der Waals surface area contributed by atoms with Crippen LogP contribution in [-0.4, -0.2) is 35.1 Å². The summed E-state index contributed by atoms with van der Waals surface area (Å²) in [5.41, 5.74) is 4.21. The first-order valence-corrected chi connectivity index (χ1v) is 9.42. The molecule has 6 heteroatoms. The number of ether oxygens (including phenoxy) is 1. The Kier molecular flexibility index (Phi) is 4.07. The Labute approximate surface area is 166 Å². The molecule has 5 rings (SSSR count). The van der Waals surface area contributed by atoms with Gasteiger partial charge in [-0.15, -0.1) is 0 Å². The summed E-state index contributed by atoms with van der Waals surface area (Å²) in [5.74, 6) is -0.742. The van der Waals surface area contributed by atoms with E-state index in [0.29, 0.717) is 24.3 Å². The van der Waals surface area contributed by atoms with Gasteiger partial charge in [0.25, 0.3) is 11.8 Å². The van der Waals surface area contributed by atoms with Crippen molar-refractivity contribution in [3.05, 3.63) is 72.1 Å². The fourth-order valence-electron chi connectivity index (χ4n) is 4.07. The lowest BCUT2D eigenvalue weighted by atomic mass is 9.95. The molecule has 0 bridgehead atoms. The largest absolute Gasteiger partial charge is 0.383 e. The molecule has 0 atom stereocenters. The highest BCUT2D eigenvalue weighted by atomic mass is 16.5. The first-order valence-electron chi connectivity index (χ1n) is 9.42. The summed E-state index contributed by atoms with van der Waals surface area (Å²) in [7, 11) is 1.66. The van der Waals surface area contributed by atoms with Crippen molar-refractivity contribution in [3.8, 4) is 0 Å². The average molecular weight is 385 g/mol. The van der Waals surface area contributed by atoms with Crippen LogP contribution < -0.4 is 5.32 Å². The third-order valence-corrected chi connectivity index (χ3v) is 5.38. The predicted molar refractivity (Wildman–Crippen MR) is 112 cm³/mol. The minimum Gasteiger partial charge on any atom is -0.383 e. The Morgan fingerprint density at radius 3 is 2.38 bits per heavy atom. The van der Waals surface area contributed by atoms with Crippen LogP contribution in [0.1, 0.15) is 11.1 Å². The molecule has 2 amide bonds. The van der Waals surface area contributed by atoms with E-state index in [4.69, 9.17) is 4.74 Å². The standard InChI is InChI=1S/C23H19N3O3/c1-29-11-10-26-13-17(15-7-3-5-9-19(15)26)21-20(22(27)25-23(21)28)16-12-24-18-8-4-2-6-14(16)18/h2-9,12-13,24H,10-11H2,1H3,(H,25,27,28). The number of hydrogen-bond acceptors (Lipinski definition) is 3. The number of rotatable bonds is 5. The lowest BCUT2D eigenvalue weighted by Gasteiger charge is -2.03. The maximum atomic E-state index is 12.9. The van der Waals surface area contributed by atoms with Crippen LogP contribution in [0.4, 0.5) is 0 Å². The van der Waals surface area contributed by atoms with E-state index in [-0.39, 0.29) is 11.8 Å². The number of hydrogen-bond donors (Lipinski definition) is 2. The minimum atomic E-state index is -0.372. The average Bonchev–Trinajstić information content (AvgIpc) is 3.39. The summed E-state index contributed by atoms with van der Waals surface area (Å²) in [6, 6.07) is 15.6. The molecule has 0 aliphatic carbocycles. The smallest absolute Gasteiger partial charge is 0.259 e. The van der Waals surface area contributed by atoms with E-state index in [2.05, 4.69) is 14.9 Å². The molecule has 29 heavy (non-hydrogen) atoms. The zero-order chi connectivity index (χ0) is 20.0. The van der Waals surface area contributed by atoms with Gasteiger partial charge in [-0.3, -0.25) is 14.9 Å². The maximum absolute atomic E-state index is 12.9. The third-order valence-electron chi connectivity index (χ3n) is 5.38. The molecule has 0 fully saturated rings. The van der Waals surface area contributed by atoms with E-state index in [1.54, 1.807) is 13.3 Å². The van der Waals surface area contributed by atoms with Crippen molar-refractivity contribution >= 4 is 44.8 Å². The molecule has 0 radical (unpaired) electrons. The molecule has 1 aliphatic rings. The van der Waals surface area contributed by atoms with Gasteiger partial charge >= 0.3 is 0 Å². The van der Waals surface area contributed by atoms with E-state index in [0.717, 1.165) is 32.9 Å².